The highest BCUT2D eigenvalue weighted by Gasteiger charge is 2.15. The second-order valence-electron chi connectivity index (χ2n) is 3.93. The highest BCUT2D eigenvalue weighted by molar-refractivity contribution is 5.72. The van der Waals surface area contributed by atoms with E-state index < -0.39 is 24.1 Å². The molecule has 0 saturated heterocycles. The van der Waals surface area contributed by atoms with E-state index in [9.17, 15) is 9.59 Å². The molecule has 4 N–H and O–H groups in total. The van der Waals surface area contributed by atoms with Crippen molar-refractivity contribution in [3.8, 4) is 0 Å². The molecule has 0 aliphatic carbocycles. The average Bonchev–Trinajstić information content (AvgIpc) is 2.31. The second kappa shape index (κ2) is 6.13. The lowest BCUT2D eigenvalue weighted by molar-refractivity contribution is -0.147. The molecule has 0 spiro atoms. The minimum atomic E-state index is -1.46. The van der Waals surface area contributed by atoms with Gasteiger partial charge < -0.3 is 20.4 Å². The molecule has 0 saturated carbocycles. The summed E-state index contributed by atoms with van der Waals surface area (Å²) in [5.41, 5.74) is 1.25. The number of rotatable bonds is 6. The van der Waals surface area contributed by atoms with Crippen LogP contribution in [0.5, 0.6) is 0 Å². The minimum Gasteiger partial charge on any atom is -0.479 e. The lowest BCUT2D eigenvalue weighted by atomic mass is 10.0. The quantitative estimate of drug-likeness (QED) is 0.552. The Morgan fingerprint density at radius 1 is 0.833 bits per heavy atom. The molecule has 0 heterocycles. The van der Waals surface area contributed by atoms with Crippen LogP contribution in [0.3, 0.4) is 0 Å². The Bertz CT molecular complexity index is 384. The van der Waals surface area contributed by atoms with Crippen LogP contribution < -0.4 is 0 Å². The molecule has 6 nitrogen and oxygen atoms in total. The monoisotopic (exact) mass is 254 g/mol. The molecule has 0 amide bonds. The van der Waals surface area contributed by atoms with Crippen LogP contribution in [-0.2, 0) is 22.4 Å². The molecule has 18 heavy (non-hydrogen) atoms. The van der Waals surface area contributed by atoms with E-state index in [1.807, 2.05) is 0 Å². The van der Waals surface area contributed by atoms with E-state index >= 15 is 0 Å². The zero-order valence-electron chi connectivity index (χ0n) is 9.48. The molecule has 0 bridgehead atoms. The lowest BCUT2D eigenvalue weighted by Gasteiger charge is -2.08. The summed E-state index contributed by atoms with van der Waals surface area (Å²) in [5.74, 6) is -2.58. The number of carboxylic acid groups (broad SMARTS) is 2. The van der Waals surface area contributed by atoms with E-state index in [0.29, 0.717) is 11.1 Å². The molecule has 1 aromatic rings. The van der Waals surface area contributed by atoms with Gasteiger partial charge in [-0.15, -0.1) is 0 Å². The normalized spacial score (nSPS) is 13.9. The molecular formula is C12H14O6. The molecule has 0 aliphatic heterocycles. The van der Waals surface area contributed by atoms with Gasteiger partial charge in [-0.1, -0.05) is 24.3 Å². The van der Waals surface area contributed by atoms with Crippen molar-refractivity contribution in [3.05, 3.63) is 35.4 Å². The van der Waals surface area contributed by atoms with E-state index in [4.69, 9.17) is 20.4 Å². The van der Waals surface area contributed by atoms with Crippen molar-refractivity contribution in [1.29, 1.82) is 0 Å². The molecule has 2 unspecified atom stereocenters. The van der Waals surface area contributed by atoms with Crippen molar-refractivity contribution >= 4 is 11.9 Å². The number of carboxylic acids is 2. The summed E-state index contributed by atoms with van der Waals surface area (Å²) in [6, 6.07) is 6.37. The Morgan fingerprint density at radius 2 is 1.11 bits per heavy atom. The molecule has 98 valence electrons. The van der Waals surface area contributed by atoms with Gasteiger partial charge in [0.15, 0.2) is 12.2 Å². The van der Waals surface area contributed by atoms with Gasteiger partial charge in [0.2, 0.25) is 0 Å². The predicted octanol–water partition coefficient (Wildman–Crippen LogP) is -0.337. The number of benzene rings is 1. The van der Waals surface area contributed by atoms with Crippen molar-refractivity contribution < 1.29 is 30.0 Å². The van der Waals surface area contributed by atoms with Crippen LogP contribution in [0.1, 0.15) is 11.1 Å². The van der Waals surface area contributed by atoms with Gasteiger partial charge in [-0.3, -0.25) is 0 Å². The smallest absolute Gasteiger partial charge is 0.332 e. The standard InChI is InChI=1S/C12H14O6/c13-9(11(15)16)5-7-1-2-8(4-3-7)6-10(14)12(17)18/h1-4,9-10,13-14H,5-6H2,(H,15,16)(H,17,18). The Balaban J connectivity index is 2.63. The van der Waals surface area contributed by atoms with Gasteiger partial charge in [0.05, 0.1) is 0 Å². The van der Waals surface area contributed by atoms with Crippen LogP contribution in [0.15, 0.2) is 24.3 Å². The van der Waals surface area contributed by atoms with Crippen molar-refractivity contribution in [2.24, 2.45) is 0 Å². The SMILES string of the molecule is O=C(O)C(O)Cc1ccc(CC(O)C(=O)O)cc1. The van der Waals surface area contributed by atoms with E-state index in [1.165, 1.54) is 0 Å². The zero-order chi connectivity index (χ0) is 13.7. The molecule has 0 radical (unpaired) electrons. The minimum absolute atomic E-state index is 0.0168. The Morgan fingerprint density at radius 3 is 1.33 bits per heavy atom. The average molecular weight is 254 g/mol. The highest BCUT2D eigenvalue weighted by atomic mass is 16.4. The van der Waals surface area contributed by atoms with Gasteiger partial charge in [0.1, 0.15) is 0 Å². The van der Waals surface area contributed by atoms with Gasteiger partial charge in [-0.05, 0) is 11.1 Å². The van der Waals surface area contributed by atoms with Gasteiger partial charge >= 0.3 is 11.9 Å². The molecule has 2 atom stereocenters. The van der Waals surface area contributed by atoms with E-state index in [1.54, 1.807) is 24.3 Å². The van der Waals surface area contributed by atoms with Crippen LogP contribution in [0.25, 0.3) is 0 Å². The Labute approximate surface area is 103 Å². The largest absolute Gasteiger partial charge is 0.479 e. The van der Waals surface area contributed by atoms with Gasteiger partial charge in [0.25, 0.3) is 0 Å². The van der Waals surface area contributed by atoms with Crippen LogP contribution in [0.2, 0.25) is 0 Å². The summed E-state index contributed by atoms with van der Waals surface area (Å²) in [5, 5.41) is 35.4. The number of hydrogen-bond acceptors (Lipinski definition) is 4. The second-order valence-corrected chi connectivity index (χ2v) is 3.93. The fourth-order valence-electron chi connectivity index (χ4n) is 1.43. The number of aliphatic hydroxyl groups excluding tert-OH is 2. The summed E-state index contributed by atoms with van der Waals surface area (Å²) in [6.07, 6.45) is -2.95. The van der Waals surface area contributed by atoms with Crippen LogP contribution >= 0.6 is 0 Å². The lowest BCUT2D eigenvalue weighted by Crippen LogP contribution is -2.22. The van der Waals surface area contributed by atoms with Crippen molar-refractivity contribution in [2.75, 3.05) is 0 Å². The highest BCUT2D eigenvalue weighted by Crippen LogP contribution is 2.09. The Hall–Kier alpha value is -1.92. The number of aliphatic carboxylic acids is 2. The number of hydrogen-bond donors (Lipinski definition) is 4. The molecule has 0 fully saturated rings. The predicted molar refractivity (Wildman–Crippen MR) is 61.1 cm³/mol. The first-order chi connectivity index (χ1) is 8.40. The summed E-state index contributed by atoms with van der Waals surface area (Å²) in [7, 11) is 0. The first-order valence-corrected chi connectivity index (χ1v) is 5.29. The third-order valence-corrected chi connectivity index (χ3v) is 2.45. The number of aliphatic hydroxyl groups is 2. The van der Waals surface area contributed by atoms with E-state index in [2.05, 4.69) is 0 Å². The van der Waals surface area contributed by atoms with Crippen molar-refractivity contribution in [2.45, 2.75) is 25.0 Å². The van der Waals surface area contributed by atoms with Gasteiger partial charge in [-0.2, -0.15) is 0 Å². The van der Waals surface area contributed by atoms with Crippen LogP contribution in [-0.4, -0.2) is 44.6 Å². The molecule has 0 aromatic heterocycles. The van der Waals surface area contributed by atoms with E-state index in [-0.39, 0.29) is 12.8 Å². The molecule has 1 rings (SSSR count). The van der Waals surface area contributed by atoms with Crippen molar-refractivity contribution in [3.63, 3.8) is 0 Å². The first kappa shape index (κ1) is 14.1. The zero-order valence-corrected chi connectivity index (χ0v) is 9.48. The summed E-state index contributed by atoms with van der Waals surface area (Å²) in [6.45, 7) is 0. The van der Waals surface area contributed by atoms with Crippen LogP contribution in [0, 0.1) is 0 Å². The van der Waals surface area contributed by atoms with E-state index in [0.717, 1.165) is 0 Å². The topological polar surface area (TPSA) is 115 Å². The molecule has 6 heteroatoms. The maximum absolute atomic E-state index is 10.4. The third kappa shape index (κ3) is 4.15. The molecular weight excluding hydrogens is 240 g/mol. The Kier molecular flexibility index (Phi) is 4.82. The summed E-state index contributed by atoms with van der Waals surface area (Å²) >= 11 is 0. The number of carbonyl (C=O) groups is 2. The fourth-order valence-corrected chi connectivity index (χ4v) is 1.43. The van der Waals surface area contributed by atoms with Crippen LogP contribution in [0.4, 0.5) is 0 Å². The molecule has 0 aliphatic rings. The fraction of sp³-hybridized carbons (Fsp3) is 0.333. The molecule has 1 aromatic carbocycles. The first-order valence-electron chi connectivity index (χ1n) is 5.29. The van der Waals surface area contributed by atoms with Crippen molar-refractivity contribution in [1.82, 2.24) is 0 Å². The summed E-state index contributed by atoms with van der Waals surface area (Å²) < 4.78 is 0. The maximum atomic E-state index is 10.4. The van der Waals surface area contributed by atoms with Gasteiger partial charge in [-0.25, -0.2) is 9.59 Å². The summed E-state index contributed by atoms with van der Waals surface area (Å²) in [4.78, 5) is 20.9. The van der Waals surface area contributed by atoms with Gasteiger partial charge in [0, 0.05) is 12.8 Å². The third-order valence-electron chi connectivity index (χ3n) is 2.45. The maximum Gasteiger partial charge on any atom is 0.332 e.